The Kier molecular flexibility index (Phi) is 5.65. The Morgan fingerprint density at radius 1 is 1.04 bits per heavy atom. The molecule has 2 rings (SSSR count). The van der Waals surface area contributed by atoms with Crippen LogP contribution in [0.1, 0.15) is 21.5 Å². The van der Waals surface area contributed by atoms with Crippen LogP contribution in [0, 0.1) is 0 Å². The van der Waals surface area contributed by atoms with Crippen molar-refractivity contribution in [2.45, 2.75) is 23.4 Å². The monoisotopic (exact) mass is 393 g/mol. The fourth-order valence-electron chi connectivity index (χ4n) is 2.04. The van der Waals surface area contributed by atoms with Gasteiger partial charge in [-0.3, -0.25) is 4.79 Å². The van der Waals surface area contributed by atoms with E-state index < -0.39 is 38.1 Å². The van der Waals surface area contributed by atoms with Crippen LogP contribution in [0.3, 0.4) is 0 Å². The van der Waals surface area contributed by atoms with E-state index in [4.69, 9.17) is 0 Å². The smallest absolute Gasteiger partial charge is 0.348 e. The molecule has 1 N–H and O–H groups in total. The van der Waals surface area contributed by atoms with Crippen LogP contribution in [0.2, 0.25) is 0 Å². The van der Waals surface area contributed by atoms with Gasteiger partial charge in [0.25, 0.3) is 5.91 Å². The van der Waals surface area contributed by atoms with E-state index in [1.165, 1.54) is 12.1 Å². The molecule has 0 atom stereocenters. The minimum Gasteiger partial charge on any atom is -0.348 e. The van der Waals surface area contributed by atoms with Crippen LogP contribution in [-0.2, 0) is 22.6 Å². The molecule has 0 unspecified atom stereocenters. The number of hydrogen-bond acceptors (Lipinski definition) is 3. The quantitative estimate of drug-likeness (QED) is 0.789. The lowest BCUT2D eigenvalue weighted by Gasteiger charge is -2.10. The van der Waals surface area contributed by atoms with Gasteiger partial charge in [-0.25, -0.2) is 8.42 Å². The molecule has 0 aromatic heterocycles. The standard InChI is InChI=1S/C16H12F5NO3S/c17-15(18)26(24,25)13-6-4-11(5-7-13)14(23)22-9-10-2-1-3-12(8-10)16(19,20)21/h1-8,15H,9H2,(H,22,23). The summed E-state index contributed by atoms with van der Waals surface area (Å²) in [7, 11) is -4.76. The molecule has 0 saturated carbocycles. The van der Waals surface area contributed by atoms with Gasteiger partial charge in [0.05, 0.1) is 10.5 Å². The SMILES string of the molecule is O=C(NCc1cccc(C(F)(F)F)c1)c1ccc(S(=O)(=O)C(F)F)cc1. The summed E-state index contributed by atoms with van der Waals surface area (Å²) in [5, 5.41) is 2.37. The van der Waals surface area contributed by atoms with E-state index in [0.29, 0.717) is 0 Å². The minimum absolute atomic E-state index is 0.0230. The second-order valence-corrected chi connectivity index (χ2v) is 7.13. The Hall–Kier alpha value is -2.49. The predicted octanol–water partition coefficient (Wildman–Crippen LogP) is 3.63. The van der Waals surface area contributed by atoms with Gasteiger partial charge in [0, 0.05) is 12.1 Å². The fraction of sp³-hybridized carbons (Fsp3) is 0.188. The highest BCUT2D eigenvalue weighted by Gasteiger charge is 2.30. The molecular formula is C16H12F5NO3S. The van der Waals surface area contributed by atoms with Crippen molar-refractivity contribution in [2.75, 3.05) is 0 Å². The van der Waals surface area contributed by atoms with Gasteiger partial charge in [-0.1, -0.05) is 12.1 Å². The molecule has 0 aliphatic rings. The van der Waals surface area contributed by atoms with Gasteiger partial charge < -0.3 is 5.32 Å². The highest BCUT2D eigenvalue weighted by atomic mass is 32.2. The number of halogens is 5. The van der Waals surface area contributed by atoms with Crippen molar-refractivity contribution in [3.8, 4) is 0 Å². The number of hydrogen-bond donors (Lipinski definition) is 1. The van der Waals surface area contributed by atoms with E-state index in [0.717, 1.165) is 36.4 Å². The van der Waals surface area contributed by atoms with Crippen molar-refractivity contribution in [2.24, 2.45) is 0 Å². The average Bonchev–Trinajstić information content (AvgIpc) is 2.59. The lowest BCUT2D eigenvalue weighted by molar-refractivity contribution is -0.137. The first-order valence-electron chi connectivity index (χ1n) is 7.08. The van der Waals surface area contributed by atoms with E-state index in [-0.39, 0.29) is 17.7 Å². The van der Waals surface area contributed by atoms with Crippen LogP contribution in [0.4, 0.5) is 22.0 Å². The maximum Gasteiger partial charge on any atom is 0.416 e. The maximum atomic E-state index is 12.6. The van der Waals surface area contributed by atoms with E-state index >= 15 is 0 Å². The molecule has 2 aromatic carbocycles. The largest absolute Gasteiger partial charge is 0.416 e. The summed E-state index contributed by atoms with van der Waals surface area (Å²) in [4.78, 5) is 11.3. The van der Waals surface area contributed by atoms with Crippen molar-refractivity contribution in [1.29, 1.82) is 0 Å². The van der Waals surface area contributed by atoms with Crippen LogP contribution >= 0.6 is 0 Å². The zero-order chi connectivity index (χ0) is 19.5. The Labute approximate surface area is 145 Å². The van der Waals surface area contributed by atoms with Crippen molar-refractivity contribution in [3.05, 3.63) is 65.2 Å². The molecule has 0 saturated heterocycles. The zero-order valence-electron chi connectivity index (χ0n) is 12.9. The molecule has 0 aliphatic carbocycles. The van der Waals surface area contributed by atoms with Crippen LogP contribution in [0.25, 0.3) is 0 Å². The summed E-state index contributed by atoms with van der Waals surface area (Å²) in [5.41, 5.74) is -0.666. The topological polar surface area (TPSA) is 63.2 Å². The molecule has 1 amide bonds. The molecule has 140 valence electrons. The summed E-state index contributed by atoms with van der Waals surface area (Å²) in [6.07, 6.45) is -4.51. The van der Waals surface area contributed by atoms with Gasteiger partial charge in [-0.05, 0) is 42.0 Å². The van der Waals surface area contributed by atoms with Crippen molar-refractivity contribution >= 4 is 15.7 Å². The average molecular weight is 393 g/mol. The van der Waals surface area contributed by atoms with Gasteiger partial charge in [0.15, 0.2) is 0 Å². The second-order valence-electron chi connectivity index (χ2n) is 5.21. The molecule has 0 radical (unpaired) electrons. The van der Waals surface area contributed by atoms with Gasteiger partial charge in [-0.2, -0.15) is 22.0 Å². The second kappa shape index (κ2) is 7.40. The molecule has 4 nitrogen and oxygen atoms in total. The third-order valence-corrected chi connectivity index (χ3v) is 4.79. The van der Waals surface area contributed by atoms with Gasteiger partial charge >= 0.3 is 11.9 Å². The fourth-order valence-corrected chi connectivity index (χ4v) is 2.76. The number of rotatable bonds is 5. The van der Waals surface area contributed by atoms with E-state index in [2.05, 4.69) is 5.32 Å². The first-order chi connectivity index (χ1) is 12.0. The number of alkyl halides is 5. The molecule has 0 bridgehead atoms. The lowest BCUT2D eigenvalue weighted by Crippen LogP contribution is -2.23. The summed E-state index contributed by atoms with van der Waals surface area (Å²) in [6.45, 7) is -0.195. The van der Waals surface area contributed by atoms with Gasteiger partial charge in [0.1, 0.15) is 0 Å². The number of amides is 1. The first kappa shape index (κ1) is 19.8. The molecule has 0 aliphatic heterocycles. The zero-order valence-corrected chi connectivity index (χ0v) is 13.7. The molecule has 0 fully saturated rings. The van der Waals surface area contributed by atoms with Gasteiger partial charge in [-0.15, -0.1) is 0 Å². The van der Waals surface area contributed by atoms with Crippen LogP contribution in [0.5, 0.6) is 0 Å². The summed E-state index contributed by atoms with van der Waals surface area (Å²) >= 11 is 0. The Morgan fingerprint density at radius 2 is 1.65 bits per heavy atom. The van der Waals surface area contributed by atoms with Crippen molar-refractivity contribution in [3.63, 3.8) is 0 Å². The Balaban J connectivity index is 2.07. The third kappa shape index (κ3) is 4.57. The molecule has 0 heterocycles. The Bertz CT molecular complexity index is 893. The number of nitrogens with one attached hydrogen (secondary N) is 1. The predicted molar refractivity (Wildman–Crippen MR) is 82.2 cm³/mol. The summed E-state index contributed by atoms with van der Waals surface area (Å²) in [6, 6.07) is 8.18. The van der Waals surface area contributed by atoms with E-state index in [9.17, 15) is 35.2 Å². The maximum absolute atomic E-state index is 12.6. The molecule has 2 aromatic rings. The summed E-state index contributed by atoms with van der Waals surface area (Å²) < 4.78 is 85.4. The highest BCUT2D eigenvalue weighted by molar-refractivity contribution is 7.91. The number of sulfone groups is 1. The van der Waals surface area contributed by atoms with Gasteiger partial charge in [0.2, 0.25) is 9.84 Å². The van der Waals surface area contributed by atoms with Crippen LogP contribution in [-0.4, -0.2) is 20.1 Å². The third-order valence-electron chi connectivity index (χ3n) is 3.39. The lowest BCUT2D eigenvalue weighted by atomic mass is 10.1. The first-order valence-corrected chi connectivity index (χ1v) is 8.63. The highest BCUT2D eigenvalue weighted by Crippen LogP contribution is 2.29. The molecule has 10 heteroatoms. The molecule has 26 heavy (non-hydrogen) atoms. The van der Waals surface area contributed by atoms with Crippen molar-refractivity contribution in [1.82, 2.24) is 5.32 Å². The number of carbonyl (C=O) groups is 1. The molecule has 0 spiro atoms. The van der Waals surface area contributed by atoms with Crippen molar-refractivity contribution < 1.29 is 35.2 Å². The van der Waals surface area contributed by atoms with E-state index in [1.54, 1.807) is 0 Å². The minimum atomic E-state index is -4.76. The normalized spacial score (nSPS) is 12.2. The number of benzene rings is 2. The number of carbonyl (C=O) groups excluding carboxylic acids is 1. The van der Waals surface area contributed by atoms with E-state index in [1.807, 2.05) is 0 Å². The summed E-state index contributed by atoms with van der Waals surface area (Å²) in [5.74, 6) is -4.27. The van der Waals surface area contributed by atoms with Crippen LogP contribution in [0.15, 0.2) is 53.4 Å². The molecular weight excluding hydrogens is 381 g/mol. The Morgan fingerprint density at radius 3 is 2.19 bits per heavy atom. The van der Waals surface area contributed by atoms with Crippen LogP contribution < -0.4 is 5.32 Å².